The average Bonchev–Trinajstić information content (AvgIpc) is 3.21. The number of rotatable bonds is 8. The SMILES string of the molecule is CCOc1ccc(N/N=C(\C#N)c2nc(-c3ccc(OCC)cc3)cs2)cc1. The molecule has 6 nitrogen and oxygen atoms in total. The van der Waals surface area contributed by atoms with Crippen LogP contribution in [0, 0.1) is 11.3 Å². The van der Waals surface area contributed by atoms with Gasteiger partial charge in [-0.3, -0.25) is 5.43 Å². The summed E-state index contributed by atoms with van der Waals surface area (Å²) in [4.78, 5) is 4.54. The predicted molar refractivity (Wildman–Crippen MR) is 112 cm³/mol. The van der Waals surface area contributed by atoms with Gasteiger partial charge in [0.2, 0.25) is 0 Å². The van der Waals surface area contributed by atoms with Crippen molar-refractivity contribution in [3.63, 3.8) is 0 Å². The second-order valence-electron chi connectivity index (χ2n) is 5.64. The number of benzene rings is 2. The van der Waals surface area contributed by atoms with E-state index in [0.29, 0.717) is 18.2 Å². The lowest BCUT2D eigenvalue weighted by Gasteiger charge is -2.04. The molecule has 0 saturated heterocycles. The van der Waals surface area contributed by atoms with Crippen LogP contribution in [0.5, 0.6) is 11.5 Å². The number of aromatic nitrogens is 1. The van der Waals surface area contributed by atoms with Gasteiger partial charge in [-0.1, -0.05) is 0 Å². The molecule has 0 bridgehead atoms. The third-order valence-corrected chi connectivity index (χ3v) is 4.58. The summed E-state index contributed by atoms with van der Waals surface area (Å²) in [6.45, 7) is 5.13. The van der Waals surface area contributed by atoms with E-state index in [2.05, 4.69) is 21.6 Å². The first-order valence-corrected chi connectivity index (χ1v) is 9.77. The lowest BCUT2D eigenvalue weighted by atomic mass is 10.2. The summed E-state index contributed by atoms with van der Waals surface area (Å²) in [5.41, 5.74) is 5.65. The van der Waals surface area contributed by atoms with Gasteiger partial charge in [-0.2, -0.15) is 10.4 Å². The maximum absolute atomic E-state index is 9.46. The highest BCUT2D eigenvalue weighted by molar-refractivity contribution is 7.12. The minimum atomic E-state index is 0.232. The number of hydrazone groups is 1. The van der Waals surface area contributed by atoms with Crippen molar-refractivity contribution in [2.75, 3.05) is 18.6 Å². The van der Waals surface area contributed by atoms with Crippen LogP contribution in [0.2, 0.25) is 0 Å². The van der Waals surface area contributed by atoms with E-state index in [9.17, 15) is 5.26 Å². The van der Waals surface area contributed by atoms with Crippen molar-refractivity contribution in [1.82, 2.24) is 4.98 Å². The fourth-order valence-electron chi connectivity index (χ4n) is 2.44. The Bertz CT molecular complexity index is 973. The van der Waals surface area contributed by atoms with Gasteiger partial charge < -0.3 is 9.47 Å². The summed E-state index contributed by atoms with van der Waals surface area (Å²) in [6.07, 6.45) is 0. The Hall–Kier alpha value is -3.37. The van der Waals surface area contributed by atoms with Gasteiger partial charge in [-0.25, -0.2) is 4.98 Å². The van der Waals surface area contributed by atoms with Crippen molar-refractivity contribution < 1.29 is 9.47 Å². The lowest BCUT2D eigenvalue weighted by molar-refractivity contribution is 0.340. The van der Waals surface area contributed by atoms with Crippen LogP contribution in [0.4, 0.5) is 5.69 Å². The highest BCUT2D eigenvalue weighted by atomic mass is 32.1. The highest BCUT2D eigenvalue weighted by Crippen LogP contribution is 2.25. The van der Waals surface area contributed by atoms with Gasteiger partial charge in [0.05, 0.1) is 24.6 Å². The number of nitriles is 1. The zero-order valence-corrected chi connectivity index (χ0v) is 16.5. The number of anilines is 1. The molecule has 142 valence electrons. The van der Waals surface area contributed by atoms with E-state index < -0.39 is 0 Å². The maximum Gasteiger partial charge on any atom is 0.196 e. The molecule has 0 aliphatic carbocycles. The van der Waals surface area contributed by atoms with Crippen molar-refractivity contribution in [3.8, 4) is 28.8 Å². The molecular formula is C21H20N4O2S. The van der Waals surface area contributed by atoms with Crippen LogP contribution in [0.3, 0.4) is 0 Å². The van der Waals surface area contributed by atoms with Crippen molar-refractivity contribution in [2.45, 2.75) is 13.8 Å². The van der Waals surface area contributed by atoms with Crippen LogP contribution in [0.1, 0.15) is 18.9 Å². The molecule has 0 fully saturated rings. The molecule has 1 heterocycles. The van der Waals surface area contributed by atoms with Crippen LogP contribution in [0.15, 0.2) is 59.0 Å². The smallest absolute Gasteiger partial charge is 0.196 e. The predicted octanol–water partition coefficient (Wildman–Crippen LogP) is 4.95. The van der Waals surface area contributed by atoms with E-state index in [0.717, 1.165) is 28.4 Å². The third kappa shape index (κ3) is 4.87. The molecular weight excluding hydrogens is 372 g/mol. The molecule has 1 aromatic heterocycles. The van der Waals surface area contributed by atoms with Crippen LogP contribution in [0.25, 0.3) is 11.3 Å². The first kappa shape index (κ1) is 19.4. The highest BCUT2D eigenvalue weighted by Gasteiger charge is 2.11. The lowest BCUT2D eigenvalue weighted by Crippen LogP contribution is -2.01. The minimum absolute atomic E-state index is 0.232. The van der Waals surface area contributed by atoms with Gasteiger partial charge in [0.25, 0.3) is 0 Å². The Morgan fingerprint density at radius 3 is 2.21 bits per heavy atom. The summed E-state index contributed by atoms with van der Waals surface area (Å²) in [5.74, 6) is 1.61. The second kappa shape index (κ2) is 9.53. The minimum Gasteiger partial charge on any atom is -0.494 e. The van der Waals surface area contributed by atoms with Gasteiger partial charge >= 0.3 is 0 Å². The zero-order valence-electron chi connectivity index (χ0n) is 15.7. The molecule has 0 atom stereocenters. The fourth-order valence-corrected chi connectivity index (χ4v) is 3.20. The van der Waals surface area contributed by atoms with Crippen LogP contribution < -0.4 is 14.9 Å². The number of ether oxygens (including phenoxy) is 2. The number of thiazole rings is 1. The molecule has 7 heteroatoms. The fraction of sp³-hybridized carbons (Fsp3) is 0.190. The Morgan fingerprint density at radius 2 is 1.64 bits per heavy atom. The van der Waals surface area contributed by atoms with E-state index in [4.69, 9.17) is 9.47 Å². The molecule has 28 heavy (non-hydrogen) atoms. The monoisotopic (exact) mass is 392 g/mol. The Balaban J connectivity index is 1.72. The first-order valence-electron chi connectivity index (χ1n) is 8.89. The van der Waals surface area contributed by atoms with Crippen LogP contribution >= 0.6 is 11.3 Å². The molecule has 3 aromatic rings. The van der Waals surface area contributed by atoms with E-state index in [1.807, 2.05) is 67.8 Å². The molecule has 0 aliphatic heterocycles. The Labute approximate surface area is 168 Å². The van der Waals surface area contributed by atoms with E-state index in [1.54, 1.807) is 0 Å². The topological polar surface area (TPSA) is 79.5 Å². The summed E-state index contributed by atoms with van der Waals surface area (Å²) in [7, 11) is 0. The Kier molecular flexibility index (Phi) is 6.60. The summed E-state index contributed by atoms with van der Waals surface area (Å²) in [6, 6.07) is 17.2. The molecule has 0 radical (unpaired) electrons. The molecule has 0 unspecified atom stereocenters. The standard InChI is InChI=1S/C21H20N4O2S/c1-3-26-17-9-5-15(6-10-17)20-14-28-21(23-20)19(13-22)25-24-16-7-11-18(12-8-16)27-4-2/h5-12,14,24H,3-4H2,1-2H3/b25-19+. The molecule has 3 rings (SSSR count). The number of nitrogens with one attached hydrogen (secondary N) is 1. The number of hydrogen-bond acceptors (Lipinski definition) is 7. The number of hydrogen-bond donors (Lipinski definition) is 1. The summed E-state index contributed by atoms with van der Waals surface area (Å²) >= 11 is 1.38. The Morgan fingerprint density at radius 1 is 1.04 bits per heavy atom. The van der Waals surface area contributed by atoms with Crippen molar-refractivity contribution in [3.05, 3.63) is 58.9 Å². The second-order valence-corrected chi connectivity index (χ2v) is 6.49. The number of nitrogens with zero attached hydrogens (tertiary/aromatic N) is 3. The van der Waals surface area contributed by atoms with Gasteiger partial charge in [-0.15, -0.1) is 11.3 Å². The van der Waals surface area contributed by atoms with E-state index in [-0.39, 0.29) is 5.71 Å². The molecule has 2 aromatic carbocycles. The summed E-state index contributed by atoms with van der Waals surface area (Å²) in [5, 5.41) is 16.1. The molecule has 0 saturated carbocycles. The van der Waals surface area contributed by atoms with Crippen molar-refractivity contribution >= 4 is 22.7 Å². The quantitative estimate of drug-likeness (QED) is 0.433. The average molecular weight is 392 g/mol. The van der Waals surface area contributed by atoms with E-state index in [1.165, 1.54) is 11.3 Å². The molecule has 1 N–H and O–H groups in total. The summed E-state index contributed by atoms with van der Waals surface area (Å²) < 4.78 is 10.9. The normalized spacial score (nSPS) is 11.0. The molecule has 0 spiro atoms. The van der Waals surface area contributed by atoms with Gasteiger partial charge in [0, 0.05) is 10.9 Å². The van der Waals surface area contributed by atoms with Crippen LogP contribution in [-0.2, 0) is 0 Å². The largest absolute Gasteiger partial charge is 0.494 e. The maximum atomic E-state index is 9.46. The first-order chi connectivity index (χ1) is 13.7. The molecule has 0 amide bonds. The molecule has 0 aliphatic rings. The van der Waals surface area contributed by atoms with Gasteiger partial charge in [0.1, 0.15) is 17.6 Å². The van der Waals surface area contributed by atoms with Gasteiger partial charge in [0.15, 0.2) is 10.7 Å². The van der Waals surface area contributed by atoms with Crippen molar-refractivity contribution in [1.29, 1.82) is 5.26 Å². The van der Waals surface area contributed by atoms with Crippen LogP contribution in [-0.4, -0.2) is 23.9 Å². The third-order valence-electron chi connectivity index (χ3n) is 3.74. The zero-order chi connectivity index (χ0) is 19.8. The van der Waals surface area contributed by atoms with E-state index >= 15 is 0 Å². The van der Waals surface area contributed by atoms with Crippen molar-refractivity contribution in [2.24, 2.45) is 5.10 Å². The van der Waals surface area contributed by atoms with Gasteiger partial charge in [-0.05, 0) is 62.4 Å².